The predicted molar refractivity (Wildman–Crippen MR) is 80.5 cm³/mol. The van der Waals surface area contributed by atoms with Crippen LogP contribution in [0.15, 0.2) is 0 Å². The molecule has 1 atom stereocenters. The first-order chi connectivity index (χ1) is 9.25. The Morgan fingerprint density at radius 2 is 2.05 bits per heavy atom. The van der Waals surface area contributed by atoms with Crippen molar-refractivity contribution in [3.8, 4) is 0 Å². The quantitative estimate of drug-likeness (QED) is 0.718. The Morgan fingerprint density at radius 1 is 1.26 bits per heavy atom. The average Bonchev–Trinajstić information content (AvgIpc) is 2.92. The summed E-state index contributed by atoms with van der Waals surface area (Å²) in [5.74, 6) is 1.03. The van der Waals surface area contributed by atoms with Gasteiger partial charge >= 0.3 is 0 Å². The average molecular weight is 268 g/mol. The normalized spacial score (nSPS) is 26.4. The molecule has 2 rings (SSSR count). The Hall–Kier alpha value is -0.120. The van der Waals surface area contributed by atoms with Crippen molar-refractivity contribution in [2.45, 2.75) is 64.5 Å². The van der Waals surface area contributed by atoms with Gasteiger partial charge in [-0.15, -0.1) is 0 Å². The maximum atomic E-state index is 5.83. The number of nitrogens with one attached hydrogen (secondary N) is 1. The van der Waals surface area contributed by atoms with Crippen LogP contribution >= 0.6 is 0 Å². The molecule has 0 aromatic carbocycles. The first-order valence-electron chi connectivity index (χ1n) is 8.32. The molecule has 2 aliphatic rings. The highest BCUT2D eigenvalue weighted by atomic mass is 16.5. The van der Waals surface area contributed by atoms with E-state index >= 15 is 0 Å². The fraction of sp³-hybridized carbons (Fsp3) is 1.00. The van der Waals surface area contributed by atoms with E-state index < -0.39 is 0 Å². The molecule has 1 aliphatic carbocycles. The van der Waals surface area contributed by atoms with Gasteiger partial charge in [0.1, 0.15) is 0 Å². The molecule has 0 amide bonds. The number of nitrogens with zero attached hydrogens (tertiary/aromatic N) is 1. The minimum absolute atomic E-state index is 0.391. The summed E-state index contributed by atoms with van der Waals surface area (Å²) in [6.07, 6.45) is 9.06. The van der Waals surface area contributed by atoms with Gasteiger partial charge in [0, 0.05) is 25.7 Å². The van der Waals surface area contributed by atoms with Gasteiger partial charge in [-0.3, -0.25) is 4.90 Å². The number of morpholine rings is 1. The predicted octanol–water partition coefficient (Wildman–Crippen LogP) is 2.66. The van der Waals surface area contributed by atoms with Crippen molar-refractivity contribution in [3.63, 3.8) is 0 Å². The Labute approximate surface area is 119 Å². The van der Waals surface area contributed by atoms with Crippen molar-refractivity contribution < 1.29 is 4.74 Å². The molecule has 0 radical (unpaired) electrons. The summed E-state index contributed by atoms with van der Waals surface area (Å²) >= 11 is 0. The van der Waals surface area contributed by atoms with E-state index in [2.05, 4.69) is 24.1 Å². The van der Waals surface area contributed by atoms with Crippen molar-refractivity contribution in [1.29, 1.82) is 0 Å². The molecule has 1 unspecified atom stereocenters. The molecule has 0 spiro atoms. The molecule has 0 bridgehead atoms. The van der Waals surface area contributed by atoms with Gasteiger partial charge in [-0.1, -0.05) is 25.7 Å². The fourth-order valence-corrected chi connectivity index (χ4v) is 3.41. The summed E-state index contributed by atoms with van der Waals surface area (Å²) in [4.78, 5) is 2.52. The van der Waals surface area contributed by atoms with Crippen LogP contribution in [0.25, 0.3) is 0 Å². The maximum absolute atomic E-state index is 5.83. The van der Waals surface area contributed by atoms with E-state index in [0.717, 1.165) is 38.7 Å². The first kappa shape index (κ1) is 15.3. The first-order valence-corrected chi connectivity index (χ1v) is 8.32. The van der Waals surface area contributed by atoms with Crippen LogP contribution in [0.2, 0.25) is 0 Å². The fourth-order valence-electron chi connectivity index (χ4n) is 3.41. The molecule has 1 saturated heterocycles. The smallest absolute Gasteiger partial charge is 0.0826 e. The Balaban J connectivity index is 1.50. The van der Waals surface area contributed by atoms with Crippen LogP contribution in [0.3, 0.4) is 0 Å². The largest absolute Gasteiger partial charge is 0.374 e. The summed E-state index contributed by atoms with van der Waals surface area (Å²) in [6.45, 7) is 9.82. The zero-order valence-electron chi connectivity index (χ0n) is 12.9. The molecule has 0 aromatic heterocycles. The van der Waals surface area contributed by atoms with Crippen LogP contribution in [0.5, 0.6) is 0 Å². The molecule has 1 saturated carbocycles. The Kier molecular flexibility index (Phi) is 6.62. The van der Waals surface area contributed by atoms with Gasteiger partial charge in [0.15, 0.2) is 0 Å². The minimum atomic E-state index is 0.391. The van der Waals surface area contributed by atoms with Gasteiger partial charge < -0.3 is 10.1 Å². The summed E-state index contributed by atoms with van der Waals surface area (Å²) in [7, 11) is 0. The highest BCUT2D eigenvalue weighted by Crippen LogP contribution is 2.28. The lowest BCUT2D eigenvalue weighted by Gasteiger charge is -2.35. The highest BCUT2D eigenvalue weighted by Gasteiger charge is 2.21. The van der Waals surface area contributed by atoms with Crippen molar-refractivity contribution in [1.82, 2.24) is 10.2 Å². The molecule has 1 N–H and O–H groups in total. The molecule has 3 heteroatoms. The third-order valence-electron chi connectivity index (χ3n) is 4.71. The topological polar surface area (TPSA) is 24.5 Å². The minimum Gasteiger partial charge on any atom is -0.374 e. The number of hydrogen-bond donors (Lipinski definition) is 1. The molecule has 2 fully saturated rings. The van der Waals surface area contributed by atoms with Crippen LogP contribution in [0.4, 0.5) is 0 Å². The summed E-state index contributed by atoms with van der Waals surface area (Å²) in [6, 6.07) is 0.647. The van der Waals surface area contributed by atoms with Crippen LogP contribution < -0.4 is 5.32 Å². The van der Waals surface area contributed by atoms with E-state index in [0.29, 0.717) is 12.1 Å². The molecular formula is C16H32N2O. The standard InChI is InChI=1S/C16H32N2O/c1-14(2)18-10-11-19-16(13-18)12-17-9-5-8-15-6-3-4-7-15/h14-17H,3-13H2,1-2H3. The van der Waals surface area contributed by atoms with E-state index in [9.17, 15) is 0 Å². The van der Waals surface area contributed by atoms with E-state index in [1.807, 2.05) is 0 Å². The van der Waals surface area contributed by atoms with E-state index in [-0.39, 0.29) is 0 Å². The van der Waals surface area contributed by atoms with E-state index in [1.165, 1.54) is 38.5 Å². The van der Waals surface area contributed by atoms with Gasteiger partial charge in [-0.05, 0) is 39.2 Å². The van der Waals surface area contributed by atoms with Crippen molar-refractivity contribution in [2.75, 3.05) is 32.8 Å². The van der Waals surface area contributed by atoms with E-state index in [4.69, 9.17) is 4.74 Å². The van der Waals surface area contributed by atoms with Crippen molar-refractivity contribution in [3.05, 3.63) is 0 Å². The van der Waals surface area contributed by atoms with Gasteiger partial charge in [0.25, 0.3) is 0 Å². The van der Waals surface area contributed by atoms with Crippen LogP contribution in [-0.4, -0.2) is 49.8 Å². The lowest BCUT2D eigenvalue weighted by molar-refractivity contribution is -0.0370. The second-order valence-corrected chi connectivity index (χ2v) is 6.58. The molecule has 1 aliphatic heterocycles. The molecular weight excluding hydrogens is 236 g/mol. The molecule has 1 heterocycles. The van der Waals surface area contributed by atoms with Crippen LogP contribution in [0, 0.1) is 5.92 Å². The SMILES string of the molecule is CC(C)N1CCOC(CNCCCC2CCCC2)C1. The zero-order chi connectivity index (χ0) is 13.5. The van der Waals surface area contributed by atoms with Crippen molar-refractivity contribution >= 4 is 0 Å². The van der Waals surface area contributed by atoms with Crippen LogP contribution in [0.1, 0.15) is 52.4 Å². The lowest BCUT2D eigenvalue weighted by atomic mass is 10.0. The summed E-state index contributed by atoms with van der Waals surface area (Å²) < 4.78 is 5.83. The Morgan fingerprint density at radius 3 is 2.79 bits per heavy atom. The number of hydrogen-bond acceptors (Lipinski definition) is 3. The van der Waals surface area contributed by atoms with E-state index in [1.54, 1.807) is 0 Å². The molecule has 19 heavy (non-hydrogen) atoms. The zero-order valence-corrected chi connectivity index (χ0v) is 12.9. The number of rotatable bonds is 7. The maximum Gasteiger partial charge on any atom is 0.0826 e. The second-order valence-electron chi connectivity index (χ2n) is 6.58. The highest BCUT2D eigenvalue weighted by molar-refractivity contribution is 4.75. The summed E-state index contributed by atoms with van der Waals surface area (Å²) in [5.41, 5.74) is 0. The third kappa shape index (κ3) is 5.41. The number of ether oxygens (including phenoxy) is 1. The molecule has 3 nitrogen and oxygen atoms in total. The third-order valence-corrected chi connectivity index (χ3v) is 4.71. The second kappa shape index (κ2) is 8.23. The van der Waals surface area contributed by atoms with Gasteiger partial charge in [0.05, 0.1) is 12.7 Å². The van der Waals surface area contributed by atoms with Crippen molar-refractivity contribution in [2.24, 2.45) is 5.92 Å². The van der Waals surface area contributed by atoms with Gasteiger partial charge in [-0.25, -0.2) is 0 Å². The lowest BCUT2D eigenvalue weighted by Crippen LogP contribution is -2.49. The molecule has 112 valence electrons. The van der Waals surface area contributed by atoms with Gasteiger partial charge in [-0.2, -0.15) is 0 Å². The summed E-state index contributed by atoms with van der Waals surface area (Å²) in [5, 5.41) is 3.59. The van der Waals surface area contributed by atoms with Crippen LogP contribution in [-0.2, 0) is 4.74 Å². The Bertz CT molecular complexity index is 239. The van der Waals surface area contributed by atoms with Gasteiger partial charge in [0.2, 0.25) is 0 Å². The monoisotopic (exact) mass is 268 g/mol. The molecule has 0 aromatic rings.